The molecule has 0 saturated carbocycles. The Hall–Kier alpha value is -1.42. The number of halogens is 2. The second kappa shape index (κ2) is 3.38. The Morgan fingerprint density at radius 1 is 1.43 bits per heavy atom. The lowest BCUT2D eigenvalue weighted by Gasteiger charge is -1.98. The average molecular weight is 212 g/mol. The second-order valence-corrected chi connectivity index (χ2v) is 3.25. The Bertz CT molecular complexity index is 467. The normalized spacial score (nSPS) is 10.5. The molecule has 1 heterocycles. The third-order valence-corrected chi connectivity index (χ3v) is 2.08. The zero-order chi connectivity index (χ0) is 10.1. The molecular formula is C9H7ClFN3. The molecule has 0 radical (unpaired) electrons. The molecule has 0 unspecified atom stereocenters. The Morgan fingerprint density at radius 2 is 2.21 bits per heavy atom. The van der Waals surface area contributed by atoms with E-state index >= 15 is 0 Å². The molecule has 0 amide bonds. The summed E-state index contributed by atoms with van der Waals surface area (Å²) < 4.78 is 15.0. The smallest absolute Gasteiger partial charge is 0.184 e. The summed E-state index contributed by atoms with van der Waals surface area (Å²) in [6, 6.07) is 4.75. The first-order valence-corrected chi connectivity index (χ1v) is 4.36. The highest BCUT2D eigenvalue weighted by molar-refractivity contribution is 6.31. The van der Waals surface area contributed by atoms with Gasteiger partial charge >= 0.3 is 0 Å². The number of hydrogen-bond acceptors (Lipinski definition) is 2. The molecule has 72 valence electrons. The molecule has 0 saturated heterocycles. The van der Waals surface area contributed by atoms with Gasteiger partial charge in [-0.05, 0) is 12.1 Å². The van der Waals surface area contributed by atoms with Crippen LogP contribution in [0.1, 0.15) is 0 Å². The van der Waals surface area contributed by atoms with Crippen molar-refractivity contribution in [2.45, 2.75) is 0 Å². The van der Waals surface area contributed by atoms with Gasteiger partial charge in [-0.3, -0.25) is 4.68 Å². The maximum Gasteiger partial charge on any atom is 0.184 e. The topological polar surface area (TPSA) is 30.7 Å². The lowest BCUT2D eigenvalue weighted by Crippen LogP contribution is -1.90. The van der Waals surface area contributed by atoms with Crippen molar-refractivity contribution < 1.29 is 4.39 Å². The zero-order valence-electron chi connectivity index (χ0n) is 7.41. The van der Waals surface area contributed by atoms with Gasteiger partial charge in [-0.15, -0.1) is 0 Å². The van der Waals surface area contributed by atoms with Gasteiger partial charge in [0, 0.05) is 7.05 Å². The van der Waals surface area contributed by atoms with Crippen LogP contribution >= 0.6 is 11.6 Å². The number of aromatic nitrogens is 3. The maximum absolute atomic E-state index is 13.5. The molecule has 0 spiro atoms. The average Bonchev–Trinajstić information content (AvgIpc) is 2.57. The quantitative estimate of drug-likeness (QED) is 0.725. The summed E-state index contributed by atoms with van der Waals surface area (Å²) in [6.07, 6.45) is 1.51. The van der Waals surface area contributed by atoms with Crippen molar-refractivity contribution in [3.05, 3.63) is 35.4 Å². The fraction of sp³-hybridized carbons (Fsp3) is 0.111. The van der Waals surface area contributed by atoms with E-state index in [0.717, 1.165) is 0 Å². The van der Waals surface area contributed by atoms with Crippen LogP contribution in [0.5, 0.6) is 0 Å². The molecule has 3 nitrogen and oxygen atoms in total. The van der Waals surface area contributed by atoms with Crippen LogP contribution in [0.25, 0.3) is 11.4 Å². The highest BCUT2D eigenvalue weighted by Gasteiger charge is 2.11. The fourth-order valence-corrected chi connectivity index (χ4v) is 1.31. The highest BCUT2D eigenvalue weighted by Crippen LogP contribution is 2.24. The van der Waals surface area contributed by atoms with E-state index in [-0.39, 0.29) is 5.02 Å². The van der Waals surface area contributed by atoms with Gasteiger partial charge in [0.2, 0.25) is 0 Å². The summed E-state index contributed by atoms with van der Waals surface area (Å²) in [7, 11) is 1.72. The molecule has 2 aromatic rings. The van der Waals surface area contributed by atoms with Gasteiger partial charge < -0.3 is 0 Å². The largest absolute Gasteiger partial charge is 0.255 e. The van der Waals surface area contributed by atoms with Gasteiger partial charge in [0.1, 0.15) is 6.33 Å². The molecular weight excluding hydrogens is 205 g/mol. The Labute approximate surface area is 85.1 Å². The lowest BCUT2D eigenvalue weighted by molar-refractivity contribution is 0.630. The minimum Gasteiger partial charge on any atom is -0.255 e. The van der Waals surface area contributed by atoms with Crippen molar-refractivity contribution in [2.24, 2.45) is 7.05 Å². The molecule has 0 aliphatic heterocycles. The molecule has 0 bridgehead atoms. The third-order valence-electron chi connectivity index (χ3n) is 1.79. The second-order valence-electron chi connectivity index (χ2n) is 2.84. The first kappa shape index (κ1) is 9.15. The molecule has 0 fully saturated rings. The molecule has 1 aromatic carbocycles. The van der Waals surface area contributed by atoms with E-state index in [1.165, 1.54) is 17.1 Å². The molecule has 0 N–H and O–H groups in total. The monoisotopic (exact) mass is 211 g/mol. The van der Waals surface area contributed by atoms with Gasteiger partial charge in [-0.2, -0.15) is 5.10 Å². The van der Waals surface area contributed by atoms with E-state index in [0.29, 0.717) is 11.4 Å². The van der Waals surface area contributed by atoms with Gasteiger partial charge in [0.15, 0.2) is 11.6 Å². The number of hydrogen-bond donors (Lipinski definition) is 0. The first-order valence-electron chi connectivity index (χ1n) is 3.98. The van der Waals surface area contributed by atoms with Gasteiger partial charge in [-0.1, -0.05) is 17.7 Å². The SMILES string of the molecule is Cn1cnc(-c2cccc(Cl)c2F)n1. The number of nitrogens with zero attached hydrogens (tertiary/aromatic N) is 3. The van der Waals surface area contributed by atoms with Crippen molar-refractivity contribution >= 4 is 11.6 Å². The van der Waals surface area contributed by atoms with E-state index in [1.807, 2.05) is 0 Å². The van der Waals surface area contributed by atoms with Crippen molar-refractivity contribution in [3.63, 3.8) is 0 Å². The molecule has 1 aromatic heterocycles. The van der Waals surface area contributed by atoms with E-state index in [1.54, 1.807) is 19.2 Å². The van der Waals surface area contributed by atoms with E-state index < -0.39 is 5.82 Å². The standard InChI is InChI=1S/C9H7ClFN3/c1-14-5-12-9(13-14)6-3-2-4-7(10)8(6)11/h2-5H,1H3. The molecule has 0 aliphatic rings. The van der Waals surface area contributed by atoms with Crippen LogP contribution < -0.4 is 0 Å². The van der Waals surface area contributed by atoms with Crippen LogP contribution in [0.3, 0.4) is 0 Å². The first-order chi connectivity index (χ1) is 6.68. The summed E-state index contributed by atoms with van der Waals surface area (Å²) >= 11 is 5.63. The minimum atomic E-state index is -0.486. The maximum atomic E-state index is 13.5. The van der Waals surface area contributed by atoms with Crippen molar-refractivity contribution in [3.8, 4) is 11.4 Å². The third kappa shape index (κ3) is 1.48. The predicted molar refractivity (Wildman–Crippen MR) is 51.4 cm³/mol. The van der Waals surface area contributed by atoms with Crippen LogP contribution in [0.2, 0.25) is 5.02 Å². The van der Waals surface area contributed by atoms with Crippen LogP contribution in [0, 0.1) is 5.82 Å². The molecule has 5 heteroatoms. The van der Waals surface area contributed by atoms with Gasteiger partial charge in [-0.25, -0.2) is 9.37 Å². The Balaban J connectivity index is 2.57. The van der Waals surface area contributed by atoms with Gasteiger partial charge in [0.05, 0.1) is 10.6 Å². The zero-order valence-corrected chi connectivity index (χ0v) is 8.16. The van der Waals surface area contributed by atoms with Gasteiger partial charge in [0.25, 0.3) is 0 Å². The summed E-state index contributed by atoms with van der Waals surface area (Å²) in [5.74, 6) is -0.145. The van der Waals surface area contributed by atoms with Crippen LogP contribution in [-0.4, -0.2) is 14.8 Å². The fourth-order valence-electron chi connectivity index (χ4n) is 1.14. The van der Waals surface area contributed by atoms with Crippen LogP contribution in [-0.2, 0) is 7.05 Å². The van der Waals surface area contributed by atoms with Crippen molar-refractivity contribution in [1.82, 2.24) is 14.8 Å². The van der Waals surface area contributed by atoms with Crippen LogP contribution in [0.4, 0.5) is 4.39 Å². The van der Waals surface area contributed by atoms with E-state index in [2.05, 4.69) is 10.1 Å². The minimum absolute atomic E-state index is 0.0787. The summed E-state index contributed by atoms with van der Waals surface area (Å²) in [5, 5.41) is 4.07. The number of benzene rings is 1. The van der Waals surface area contributed by atoms with E-state index in [9.17, 15) is 4.39 Å². The lowest BCUT2D eigenvalue weighted by atomic mass is 10.2. The Kier molecular flexibility index (Phi) is 2.21. The Morgan fingerprint density at radius 3 is 2.86 bits per heavy atom. The van der Waals surface area contributed by atoms with Crippen molar-refractivity contribution in [2.75, 3.05) is 0 Å². The molecule has 14 heavy (non-hydrogen) atoms. The highest BCUT2D eigenvalue weighted by atomic mass is 35.5. The van der Waals surface area contributed by atoms with Crippen molar-refractivity contribution in [1.29, 1.82) is 0 Å². The summed E-state index contributed by atoms with van der Waals surface area (Å²) in [5.41, 5.74) is 0.318. The number of rotatable bonds is 1. The van der Waals surface area contributed by atoms with Crippen LogP contribution in [0.15, 0.2) is 24.5 Å². The summed E-state index contributed by atoms with van der Waals surface area (Å²) in [6.45, 7) is 0. The molecule has 2 rings (SSSR count). The van der Waals surface area contributed by atoms with E-state index in [4.69, 9.17) is 11.6 Å². The molecule has 0 aliphatic carbocycles. The summed E-state index contributed by atoms with van der Waals surface area (Å²) in [4.78, 5) is 3.94. The molecule has 0 atom stereocenters. The predicted octanol–water partition coefficient (Wildman–Crippen LogP) is 2.27. The number of aryl methyl sites for hydroxylation is 1.